The lowest BCUT2D eigenvalue weighted by Gasteiger charge is -2.10. The molecule has 26 heavy (non-hydrogen) atoms. The minimum absolute atomic E-state index is 0.629. The highest BCUT2D eigenvalue weighted by atomic mass is 14.8. The van der Waals surface area contributed by atoms with Gasteiger partial charge in [0.1, 0.15) is 11.0 Å². The average Bonchev–Trinajstić information content (AvgIpc) is 2.72. The van der Waals surface area contributed by atoms with E-state index in [0.717, 1.165) is 32.8 Å². The summed E-state index contributed by atoms with van der Waals surface area (Å²) in [6, 6.07) is 11.3. The Bertz CT molecular complexity index is 1340. The van der Waals surface area contributed by atoms with Gasteiger partial charge >= 0.3 is 0 Å². The first-order valence-corrected chi connectivity index (χ1v) is 8.01. The lowest BCUT2D eigenvalue weighted by atomic mass is 10.0. The molecule has 0 aliphatic carbocycles. The molecule has 0 fully saturated rings. The molecule has 4 heteroatoms. The van der Waals surface area contributed by atoms with Gasteiger partial charge in [-0.3, -0.25) is 9.97 Å². The highest BCUT2D eigenvalue weighted by molar-refractivity contribution is 6.21. The van der Waals surface area contributed by atoms with Crippen LogP contribution < -0.4 is 0 Å². The van der Waals surface area contributed by atoms with Crippen molar-refractivity contribution >= 4 is 43.9 Å². The summed E-state index contributed by atoms with van der Waals surface area (Å²) in [5.41, 5.74) is 5.65. The van der Waals surface area contributed by atoms with Crippen molar-refractivity contribution in [2.75, 3.05) is 0 Å². The summed E-state index contributed by atoms with van der Waals surface area (Å²) in [7, 11) is 0. The Morgan fingerprint density at radius 3 is 1.46 bits per heavy atom. The molecule has 3 heterocycles. The van der Waals surface area contributed by atoms with Crippen molar-refractivity contribution in [3.8, 4) is 24.7 Å². The third-order valence-electron chi connectivity index (χ3n) is 4.48. The van der Waals surface area contributed by atoms with E-state index in [2.05, 4.69) is 21.8 Å². The lowest BCUT2D eigenvalue weighted by molar-refractivity contribution is 1.35. The Hall–Kier alpha value is -4.02. The van der Waals surface area contributed by atoms with Crippen LogP contribution in [0.15, 0.2) is 48.8 Å². The van der Waals surface area contributed by atoms with E-state index in [9.17, 15) is 0 Å². The first kappa shape index (κ1) is 14.3. The fraction of sp³-hybridized carbons (Fsp3) is 0. The Balaban J connectivity index is 2.15. The van der Waals surface area contributed by atoms with E-state index in [-0.39, 0.29) is 0 Å². The summed E-state index contributed by atoms with van der Waals surface area (Å²) in [4.78, 5) is 18.8. The third-order valence-corrected chi connectivity index (χ3v) is 4.48. The number of aromatic nitrogens is 4. The van der Waals surface area contributed by atoms with Crippen LogP contribution in [-0.4, -0.2) is 19.9 Å². The molecule has 0 bridgehead atoms. The predicted octanol–water partition coefficient (Wildman–Crippen LogP) is 3.84. The molecule has 0 aliphatic rings. The molecule has 5 aromatic rings. The van der Waals surface area contributed by atoms with Crippen molar-refractivity contribution in [2.45, 2.75) is 0 Å². The van der Waals surface area contributed by atoms with Gasteiger partial charge in [-0.2, -0.15) is 0 Å². The molecule has 118 valence electrons. The largest absolute Gasteiger partial charge is 0.254 e. The second kappa shape index (κ2) is 5.24. The molecule has 0 N–H and O–H groups in total. The summed E-state index contributed by atoms with van der Waals surface area (Å²) >= 11 is 0. The normalized spacial score (nSPS) is 11.0. The first-order valence-electron chi connectivity index (χ1n) is 8.01. The standard InChI is InChI=1S/C22H10N4/c1-3-13-9-10-14(4-2)18-17(13)25-21-15-7-5-11-23-19(15)20-16(22(21)26-18)8-6-12-24-20/h1-2,5-12H. The van der Waals surface area contributed by atoms with Gasteiger partial charge in [-0.25, -0.2) is 9.97 Å². The highest BCUT2D eigenvalue weighted by Crippen LogP contribution is 2.32. The van der Waals surface area contributed by atoms with Crippen molar-refractivity contribution in [1.82, 2.24) is 19.9 Å². The third kappa shape index (κ3) is 1.81. The molecule has 0 amide bonds. The van der Waals surface area contributed by atoms with E-state index >= 15 is 0 Å². The number of fused-ring (bicyclic) bond motifs is 7. The maximum atomic E-state index is 5.66. The fourth-order valence-electron chi connectivity index (χ4n) is 3.31. The monoisotopic (exact) mass is 330 g/mol. The van der Waals surface area contributed by atoms with Crippen LogP contribution in [0.1, 0.15) is 11.1 Å². The van der Waals surface area contributed by atoms with Crippen LogP contribution in [0, 0.1) is 24.7 Å². The lowest BCUT2D eigenvalue weighted by Crippen LogP contribution is -1.96. The summed E-state index contributed by atoms with van der Waals surface area (Å²) in [6.07, 6.45) is 14.8. The predicted molar refractivity (Wildman–Crippen MR) is 104 cm³/mol. The summed E-state index contributed by atoms with van der Waals surface area (Å²) in [5.74, 6) is 5.34. The van der Waals surface area contributed by atoms with Crippen LogP contribution in [0.4, 0.5) is 0 Å². The summed E-state index contributed by atoms with van der Waals surface area (Å²) < 4.78 is 0. The molecule has 2 aromatic carbocycles. The fourth-order valence-corrected chi connectivity index (χ4v) is 3.31. The van der Waals surface area contributed by atoms with E-state index in [0.29, 0.717) is 22.2 Å². The zero-order chi connectivity index (χ0) is 17.7. The van der Waals surface area contributed by atoms with Crippen molar-refractivity contribution in [1.29, 1.82) is 0 Å². The molecular formula is C22H10N4. The van der Waals surface area contributed by atoms with Crippen LogP contribution in [0.3, 0.4) is 0 Å². The van der Waals surface area contributed by atoms with Gasteiger partial charge in [-0.15, -0.1) is 12.8 Å². The van der Waals surface area contributed by atoms with Gasteiger partial charge in [0.25, 0.3) is 0 Å². The van der Waals surface area contributed by atoms with E-state index in [1.807, 2.05) is 24.3 Å². The molecule has 5 rings (SSSR count). The zero-order valence-electron chi connectivity index (χ0n) is 13.6. The highest BCUT2D eigenvalue weighted by Gasteiger charge is 2.15. The topological polar surface area (TPSA) is 51.6 Å². The molecule has 0 spiro atoms. The molecule has 0 aliphatic heterocycles. The second-order valence-corrected chi connectivity index (χ2v) is 5.87. The minimum atomic E-state index is 0.629. The SMILES string of the molecule is C#Cc1ccc(C#C)c2nc3c4cccnc4c4ncccc4c3nc12. The summed E-state index contributed by atoms with van der Waals surface area (Å²) in [5, 5.41) is 1.77. The summed E-state index contributed by atoms with van der Waals surface area (Å²) in [6.45, 7) is 0. The van der Waals surface area contributed by atoms with E-state index < -0.39 is 0 Å². The number of hydrogen-bond acceptors (Lipinski definition) is 4. The van der Waals surface area contributed by atoms with Gasteiger partial charge in [0, 0.05) is 23.2 Å². The van der Waals surface area contributed by atoms with Gasteiger partial charge in [-0.1, -0.05) is 11.8 Å². The van der Waals surface area contributed by atoms with Crippen molar-refractivity contribution in [2.24, 2.45) is 0 Å². The van der Waals surface area contributed by atoms with Gasteiger partial charge in [0.15, 0.2) is 0 Å². The zero-order valence-corrected chi connectivity index (χ0v) is 13.6. The number of terminal acetylenes is 2. The Morgan fingerprint density at radius 2 is 1.04 bits per heavy atom. The Labute approximate surface area is 148 Å². The minimum Gasteiger partial charge on any atom is -0.254 e. The van der Waals surface area contributed by atoms with Crippen LogP contribution in [0.2, 0.25) is 0 Å². The molecule has 0 atom stereocenters. The van der Waals surface area contributed by atoms with Crippen molar-refractivity contribution in [3.63, 3.8) is 0 Å². The van der Waals surface area contributed by atoms with Gasteiger partial charge in [0.05, 0.1) is 33.2 Å². The first-order chi connectivity index (χ1) is 12.8. The van der Waals surface area contributed by atoms with Crippen LogP contribution in [0.25, 0.3) is 43.9 Å². The van der Waals surface area contributed by atoms with Gasteiger partial charge < -0.3 is 0 Å². The van der Waals surface area contributed by atoms with Crippen LogP contribution in [-0.2, 0) is 0 Å². The molecule has 0 unspecified atom stereocenters. The number of nitrogens with zero attached hydrogens (tertiary/aromatic N) is 4. The van der Waals surface area contributed by atoms with Crippen molar-refractivity contribution in [3.05, 3.63) is 59.9 Å². The van der Waals surface area contributed by atoms with Crippen LogP contribution in [0.5, 0.6) is 0 Å². The molecule has 0 radical (unpaired) electrons. The maximum Gasteiger partial charge on any atom is 0.106 e. The quantitative estimate of drug-likeness (QED) is 0.246. The van der Waals surface area contributed by atoms with E-state index in [1.54, 1.807) is 24.5 Å². The smallest absolute Gasteiger partial charge is 0.106 e. The molecular weight excluding hydrogens is 320 g/mol. The molecule has 0 saturated carbocycles. The van der Waals surface area contributed by atoms with Crippen LogP contribution >= 0.6 is 0 Å². The molecule has 4 nitrogen and oxygen atoms in total. The molecule has 3 aromatic heterocycles. The number of rotatable bonds is 0. The second-order valence-electron chi connectivity index (χ2n) is 5.87. The van der Waals surface area contributed by atoms with Gasteiger partial charge in [-0.05, 0) is 36.4 Å². The maximum absolute atomic E-state index is 5.66. The Morgan fingerprint density at radius 1 is 0.577 bits per heavy atom. The number of pyridine rings is 2. The molecule has 0 saturated heterocycles. The van der Waals surface area contributed by atoms with Gasteiger partial charge in [0.2, 0.25) is 0 Å². The Kier molecular flexibility index (Phi) is 2.89. The van der Waals surface area contributed by atoms with E-state index in [1.165, 1.54) is 0 Å². The van der Waals surface area contributed by atoms with E-state index in [4.69, 9.17) is 22.8 Å². The van der Waals surface area contributed by atoms with Crippen molar-refractivity contribution < 1.29 is 0 Å². The number of hydrogen-bond donors (Lipinski definition) is 0. The number of benzene rings is 2. The average molecular weight is 330 g/mol.